The molecule has 1 amide bonds. The predicted octanol–water partition coefficient (Wildman–Crippen LogP) is 3.72. The van der Waals surface area contributed by atoms with Gasteiger partial charge in [0.15, 0.2) is 0 Å². The molecular weight excluding hydrogens is 295 g/mol. The molecule has 0 spiro atoms. The van der Waals surface area contributed by atoms with Crippen molar-refractivity contribution in [1.82, 2.24) is 4.57 Å². The summed E-state index contributed by atoms with van der Waals surface area (Å²) < 4.78 is 15.0. The third-order valence-electron chi connectivity index (χ3n) is 3.78. The molecule has 0 aliphatic carbocycles. The number of rotatable bonds is 2. The highest BCUT2D eigenvalue weighted by Gasteiger charge is 2.21. The lowest BCUT2D eigenvalue weighted by Gasteiger charge is -2.16. The van der Waals surface area contributed by atoms with Crippen LogP contribution in [-0.2, 0) is 0 Å². The molecule has 1 aromatic heterocycles. The van der Waals surface area contributed by atoms with E-state index in [1.807, 2.05) is 30.3 Å². The van der Waals surface area contributed by atoms with E-state index in [1.54, 1.807) is 7.05 Å². The second kappa shape index (κ2) is 5.68. The summed E-state index contributed by atoms with van der Waals surface area (Å²) in [5, 5.41) is 0.424. The smallest absolute Gasteiger partial charge is 0.260 e. The summed E-state index contributed by atoms with van der Waals surface area (Å²) in [6.45, 7) is 1.40. The highest BCUT2D eigenvalue weighted by Crippen LogP contribution is 2.25. The lowest BCUT2D eigenvalue weighted by molar-refractivity contribution is 0.0941. The fourth-order valence-electron chi connectivity index (χ4n) is 2.58. The van der Waals surface area contributed by atoms with Crippen LogP contribution in [0.3, 0.4) is 0 Å². The zero-order valence-corrected chi connectivity index (χ0v) is 12.8. The minimum atomic E-state index is -0.449. The van der Waals surface area contributed by atoms with Crippen LogP contribution >= 0.6 is 0 Å². The molecule has 0 fully saturated rings. The average Bonchev–Trinajstić information content (AvgIpc) is 2.93. The van der Waals surface area contributed by atoms with Gasteiger partial charge in [0.1, 0.15) is 5.82 Å². The lowest BCUT2D eigenvalue weighted by Crippen LogP contribution is -2.26. The van der Waals surface area contributed by atoms with E-state index < -0.39 is 5.82 Å². The van der Waals surface area contributed by atoms with Crippen molar-refractivity contribution in [2.75, 3.05) is 11.9 Å². The van der Waals surface area contributed by atoms with E-state index in [-0.39, 0.29) is 11.8 Å². The maximum atomic E-state index is 13.6. The van der Waals surface area contributed by atoms with Gasteiger partial charge in [-0.3, -0.25) is 14.2 Å². The third-order valence-corrected chi connectivity index (χ3v) is 3.78. The normalized spacial score (nSPS) is 10.7. The number of anilines is 1. The molecule has 2 aromatic carbocycles. The van der Waals surface area contributed by atoms with Crippen molar-refractivity contribution < 1.29 is 14.0 Å². The molecule has 0 bridgehead atoms. The van der Waals surface area contributed by atoms with Crippen LogP contribution in [0.1, 0.15) is 22.1 Å². The van der Waals surface area contributed by atoms with Crippen LogP contribution in [0.2, 0.25) is 0 Å². The van der Waals surface area contributed by atoms with E-state index in [2.05, 4.69) is 0 Å². The molecule has 5 heteroatoms. The Morgan fingerprint density at radius 3 is 2.43 bits per heavy atom. The molecule has 1 heterocycles. The van der Waals surface area contributed by atoms with Gasteiger partial charge in [-0.15, -0.1) is 0 Å². The number of hydrogen-bond donors (Lipinski definition) is 0. The van der Waals surface area contributed by atoms with Gasteiger partial charge >= 0.3 is 0 Å². The van der Waals surface area contributed by atoms with Crippen LogP contribution < -0.4 is 4.90 Å². The van der Waals surface area contributed by atoms with E-state index >= 15 is 0 Å². The van der Waals surface area contributed by atoms with Gasteiger partial charge in [0, 0.05) is 31.2 Å². The van der Waals surface area contributed by atoms with Crippen molar-refractivity contribution in [2.45, 2.75) is 6.92 Å². The van der Waals surface area contributed by atoms with Crippen molar-refractivity contribution in [3.8, 4) is 0 Å². The number of carbonyl (C=O) groups is 2. The topological polar surface area (TPSA) is 42.3 Å². The Labute approximate surface area is 132 Å². The van der Waals surface area contributed by atoms with Gasteiger partial charge in [-0.2, -0.15) is 0 Å². The maximum absolute atomic E-state index is 13.6. The number of fused-ring (bicyclic) bond motifs is 1. The second-order valence-electron chi connectivity index (χ2n) is 5.29. The molecule has 0 atom stereocenters. The number of amides is 1. The number of benzene rings is 2. The molecule has 0 unspecified atom stereocenters. The summed E-state index contributed by atoms with van der Waals surface area (Å²) >= 11 is 0. The zero-order chi connectivity index (χ0) is 16.6. The zero-order valence-electron chi connectivity index (χ0n) is 12.8. The predicted molar refractivity (Wildman–Crippen MR) is 87.4 cm³/mol. The number of nitrogens with zero attached hydrogens (tertiary/aromatic N) is 2. The number of hydrogen-bond acceptors (Lipinski definition) is 2. The first kappa shape index (κ1) is 15.0. The van der Waals surface area contributed by atoms with E-state index in [1.165, 1.54) is 40.8 Å². The Morgan fingerprint density at radius 2 is 1.78 bits per heavy atom. The van der Waals surface area contributed by atoms with Gasteiger partial charge in [0.25, 0.3) is 5.91 Å². The largest absolute Gasteiger partial charge is 0.311 e. The summed E-state index contributed by atoms with van der Waals surface area (Å²) in [4.78, 5) is 26.0. The summed E-state index contributed by atoms with van der Waals surface area (Å²) in [7, 11) is 1.65. The Bertz CT molecular complexity index is 900. The molecule has 0 aliphatic rings. The van der Waals surface area contributed by atoms with Gasteiger partial charge < -0.3 is 4.90 Å². The average molecular weight is 310 g/mol. The van der Waals surface area contributed by atoms with Crippen LogP contribution in [0.25, 0.3) is 10.9 Å². The van der Waals surface area contributed by atoms with E-state index in [0.717, 1.165) is 5.69 Å². The Hall–Kier alpha value is -2.95. The molecule has 0 saturated heterocycles. The fourth-order valence-corrected chi connectivity index (χ4v) is 2.58. The molecule has 0 radical (unpaired) electrons. The minimum Gasteiger partial charge on any atom is -0.311 e. The number of carbonyl (C=O) groups excluding carboxylic acids is 2. The quantitative estimate of drug-likeness (QED) is 0.724. The highest BCUT2D eigenvalue weighted by atomic mass is 19.1. The third kappa shape index (κ3) is 2.61. The minimum absolute atomic E-state index is 0.233. The first-order chi connectivity index (χ1) is 11.0. The van der Waals surface area contributed by atoms with Gasteiger partial charge in [-0.05, 0) is 30.3 Å². The Kier molecular flexibility index (Phi) is 3.70. The first-order valence-corrected chi connectivity index (χ1v) is 7.13. The van der Waals surface area contributed by atoms with Crippen LogP contribution in [0.15, 0.2) is 54.7 Å². The van der Waals surface area contributed by atoms with Crippen LogP contribution in [0, 0.1) is 5.82 Å². The maximum Gasteiger partial charge on any atom is 0.260 e. The second-order valence-corrected chi connectivity index (χ2v) is 5.29. The van der Waals surface area contributed by atoms with Crippen molar-refractivity contribution >= 4 is 28.4 Å². The van der Waals surface area contributed by atoms with Crippen LogP contribution in [0.4, 0.5) is 10.1 Å². The molecular formula is C18H15FN2O2. The molecule has 4 nitrogen and oxygen atoms in total. The first-order valence-electron chi connectivity index (χ1n) is 7.13. The molecule has 3 aromatic rings. The Balaban J connectivity index is 2.14. The van der Waals surface area contributed by atoms with Crippen molar-refractivity contribution in [3.05, 3.63) is 66.1 Å². The van der Waals surface area contributed by atoms with E-state index in [9.17, 15) is 14.0 Å². The van der Waals surface area contributed by atoms with E-state index in [0.29, 0.717) is 16.5 Å². The SMILES string of the molecule is CC(=O)n1cc(C(=O)N(C)c2ccccc2)c2cc(F)ccc21. The Morgan fingerprint density at radius 1 is 1.09 bits per heavy atom. The molecule has 0 aliphatic heterocycles. The van der Waals surface area contributed by atoms with Crippen molar-refractivity contribution in [1.29, 1.82) is 0 Å². The fraction of sp³-hybridized carbons (Fsp3) is 0.111. The molecule has 116 valence electrons. The molecule has 3 rings (SSSR count). The lowest BCUT2D eigenvalue weighted by atomic mass is 10.1. The van der Waals surface area contributed by atoms with Crippen LogP contribution in [0.5, 0.6) is 0 Å². The summed E-state index contributed by atoms with van der Waals surface area (Å²) in [5.41, 5.74) is 1.53. The van der Waals surface area contributed by atoms with Gasteiger partial charge in [0.2, 0.25) is 5.91 Å². The number of halogens is 1. The standard InChI is InChI=1S/C18H15FN2O2/c1-12(22)21-11-16(15-10-13(19)8-9-17(15)21)18(23)20(2)14-6-4-3-5-7-14/h3-11H,1-2H3. The van der Waals surface area contributed by atoms with Crippen molar-refractivity contribution in [3.63, 3.8) is 0 Å². The van der Waals surface area contributed by atoms with Crippen molar-refractivity contribution in [2.24, 2.45) is 0 Å². The monoisotopic (exact) mass is 310 g/mol. The molecule has 0 saturated carbocycles. The van der Waals surface area contributed by atoms with Gasteiger partial charge in [-0.1, -0.05) is 18.2 Å². The van der Waals surface area contributed by atoms with Gasteiger partial charge in [-0.25, -0.2) is 4.39 Å². The number of aromatic nitrogens is 1. The van der Waals surface area contributed by atoms with E-state index in [4.69, 9.17) is 0 Å². The van der Waals surface area contributed by atoms with Gasteiger partial charge in [0.05, 0.1) is 11.1 Å². The molecule has 23 heavy (non-hydrogen) atoms. The highest BCUT2D eigenvalue weighted by molar-refractivity contribution is 6.15. The summed E-state index contributed by atoms with van der Waals surface area (Å²) in [5.74, 6) is -0.981. The molecule has 0 N–H and O–H groups in total. The summed E-state index contributed by atoms with van der Waals surface area (Å²) in [6.07, 6.45) is 1.47. The summed E-state index contributed by atoms with van der Waals surface area (Å²) in [6, 6.07) is 13.2. The van der Waals surface area contributed by atoms with Crippen LogP contribution in [-0.4, -0.2) is 23.4 Å². The number of para-hydroxylation sites is 1.